The van der Waals surface area contributed by atoms with Gasteiger partial charge in [0.05, 0.1) is 5.60 Å². The zero-order valence-electron chi connectivity index (χ0n) is 16.8. The van der Waals surface area contributed by atoms with Crippen LogP contribution >= 0.6 is 11.3 Å². The summed E-state index contributed by atoms with van der Waals surface area (Å²) in [7, 11) is 0. The van der Waals surface area contributed by atoms with Gasteiger partial charge in [-0.15, -0.1) is 0 Å². The first-order valence-corrected chi connectivity index (χ1v) is 10.5. The number of hydrogen-bond acceptors (Lipinski definition) is 7. The summed E-state index contributed by atoms with van der Waals surface area (Å²) in [4.78, 5) is 35.9. The normalized spacial score (nSPS) is 16.8. The monoisotopic (exact) mass is 425 g/mol. The zero-order chi connectivity index (χ0) is 21.5. The molecule has 9 heteroatoms. The number of anilines is 2. The van der Waals surface area contributed by atoms with Crippen molar-refractivity contribution < 1.29 is 14.7 Å². The Morgan fingerprint density at radius 3 is 2.60 bits per heavy atom. The van der Waals surface area contributed by atoms with Crippen molar-refractivity contribution in [2.75, 3.05) is 16.8 Å². The largest absolute Gasteiger partial charge is 0.386 e. The highest BCUT2D eigenvalue weighted by molar-refractivity contribution is 7.22. The van der Waals surface area contributed by atoms with E-state index >= 15 is 0 Å². The first kappa shape index (κ1) is 20.2. The molecule has 0 aliphatic carbocycles. The number of benzene rings is 1. The molecule has 156 valence electrons. The molecule has 4 N–H and O–H groups in total. The van der Waals surface area contributed by atoms with Gasteiger partial charge in [-0.25, -0.2) is 9.97 Å². The van der Waals surface area contributed by atoms with E-state index in [9.17, 15) is 14.7 Å². The number of aliphatic hydroxyl groups is 1. The molecule has 0 spiro atoms. The minimum atomic E-state index is -0.964. The maximum absolute atomic E-state index is 12.6. The van der Waals surface area contributed by atoms with Gasteiger partial charge in [-0.05, 0) is 56.5 Å². The summed E-state index contributed by atoms with van der Waals surface area (Å²) < 4.78 is 0. The van der Waals surface area contributed by atoms with Gasteiger partial charge >= 0.3 is 0 Å². The summed E-state index contributed by atoms with van der Waals surface area (Å²) in [6, 6.07) is 10.1. The van der Waals surface area contributed by atoms with Crippen LogP contribution in [0.25, 0.3) is 10.3 Å². The predicted octanol–water partition coefficient (Wildman–Crippen LogP) is 2.63. The summed E-state index contributed by atoms with van der Waals surface area (Å²) in [6.45, 7) is 4.12. The van der Waals surface area contributed by atoms with Crippen molar-refractivity contribution in [2.45, 2.75) is 38.3 Å². The number of carbonyl (C=O) groups is 2. The Morgan fingerprint density at radius 1 is 1.20 bits per heavy atom. The van der Waals surface area contributed by atoms with Crippen molar-refractivity contribution in [1.29, 1.82) is 0 Å². The quantitative estimate of drug-likeness (QED) is 0.578. The molecule has 1 unspecified atom stereocenters. The van der Waals surface area contributed by atoms with E-state index in [0.717, 1.165) is 24.9 Å². The van der Waals surface area contributed by atoms with E-state index in [1.54, 1.807) is 38.1 Å². The van der Waals surface area contributed by atoms with Crippen LogP contribution in [-0.4, -0.2) is 39.5 Å². The first-order chi connectivity index (χ1) is 14.2. The molecule has 4 rings (SSSR count). The van der Waals surface area contributed by atoms with E-state index in [4.69, 9.17) is 5.73 Å². The highest BCUT2D eigenvalue weighted by Gasteiger charge is 2.30. The summed E-state index contributed by atoms with van der Waals surface area (Å²) in [6.07, 6.45) is 1.62. The summed E-state index contributed by atoms with van der Waals surface area (Å²) in [5.41, 5.74) is 6.41. The number of aromatic nitrogens is 2. The lowest BCUT2D eigenvalue weighted by molar-refractivity contribution is -0.119. The Kier molecular flexibility index (Phi) is 5.17. The second-order valence-electron chi connectivity index (χ2n) is 7.86. The average molecular weight is 426 g/mol. The van der Waals surface area contributed by atoms with Crippen LogP contribution < -0.4 is 16.0 Å². The van der Waals surface area contributed by atoms with Gasteiger partial charge in [-0.1, -0.05) is 23.5 Å². The number of nitrogens with one attached hydrogen (secondary N) is 1. The Labute approximate surface area is 177 Å². The van der Waals surface area contributed by atoms with Gasteiger partial charge in [0.1, 0.15) is 22.2 Å². The van der Waals surface area contributed by atoms with Crippen molar-refractivity contribution in [1.82, 2.24) is 9.97 Å². The third-order valence-electron chi connectivity index (χ3n) is 5.19. The molecule has 0 bridgehead atoms. The molecule has 3 heterocycles. The SMILES string of the molecule is CC(C)(O)c1ccc(C(=O)Nc2nc3ccc(N4CCCC4C(N)=O)nc3s2)cc1. The Morgan fingerprint density at radius 2 is 1.93 bits per heavy atom. The molecule has 1 aliphatic heterocycles. The molecule has 8 nitrogen and oxygen atoms in total. The van der Waals surface area contributed by atoms with Gasteiger partial charge in [0.15, 0.2) is 5.13 Å². The highest BCUT2D eigenvalue weighted by atomic mass is 32.1. The van der Waals surface area contributed by atoms with Crippen LogP contribution in [0.2, 0.25) is 0 Å². The van der Waals surface area contributed by atoms with Crippen LogP contribution in [-0.2, 0) is 10.4 Å². The van der Waals surface area contributed by atoms with Crippen LogP contribution in [0.3, 0.4) is 0 Å². The second kappa shape index (κ2) is 7.66. The average Bonchev–Trinajstić information content (AvgIpc) is 3.33. The lowest BCUT2D eigenvalue weighted by atomic mass is 9.97. The number of fused-ring (bicyclic) bond motifs is 1. The minimum Gasteiger partial charge on any atom is -0.386 e. The molecule has 1 aliphatic rings. The van der Waals surface area contributed by atoms with Crippen LogP contribution in [0.4, 0.5) is 10.9 Å². The number of amides is 2. The van der Waals surface area contributed by atoms with Crippen molar-refractivity contribution in [3.05, 3.63) is 47.5 Å². The lowest BCUT2D eigenvalue weighted by Crippen LogP contribution is -2.40. The molecule has 1 saturated heterocycles. The van der Waals surface area contributed by atoms with E-state index in [1.807, 2.05) is 17.0 Å². The van der Waals surface area contributed by atoms with Gasteiger partial charge in [-0.3, -0.25) is 14.9 Å². The van der Waals surface area contributed by atoms with E-state index in [-0.39, 0.29) is 17.9 Å². The van der Waals surface area contributed by atoms with Gasteiger partial charge < -0.3 is 15.7 Å². The van der Waals surface area contributed by atoms with Crippen LogP contribution in [0.1, 0.15) is 42.6 Å². The minimum absolute atomic E-state index is 0.287. The number of thiazole rings is 1. The molecule has 30 heavy (non-hydrogen) atoms. The maximum Gasteiger partial charge on any atom is 0.257 e. The predicted molar refractivity (Wildman–Crippen MR) is 117 cm³/mol. The molecule has 0 radical (unpaired) electrons. The fourth-order valence-electron chi connectivity index (χ4n) is 3.56. The number of nitrogens with zero attached hydrogens (tertiary/aromatic N) is 3. The van der Waals surface area contributed by atoms with Crippen molar-refractivity contribution in [3.63, 3.8) is 0 Å². The number of primary amides is 1. The van der Waals surface area contributed by atoms with Gasteiger partial charge in [0.25, 0.3) is 5.91 Å². The van der Waals surface area contributed by atoms with Crippen molar-refractivity contribution >= 4 is 44.4 Å². The van der Waals surface area contributed by atoms with Crippen LogP contribution in [0.15, 0.2) is 36.4 Å². The van der Waals surface area contributed by atoms with Crippen molar-refractivity contribution in [3.8, 4) is 0 Å². The molecule has 0 saturated carbocycles. The molecular formula is C21H23N5O3S. The van der Waals surface area contributed by atoms with Gasteiger partial charge in [-0.2, -0.15) is 0 Å². The summed E-state index contributed by atoms with van der Waals surface area (Å²) >= 11 is 1.27. The Hall–Kier alpha value is -3.04. The summed E-state index contributed by atoms with van der Waals surface area (Å²) in [5.74, 6) is 0.0553. The molecule has 1 atom stereocenters. The third kappa shape index (κ3) is 3.99. The van der Waals surface area contributed by atoms with Crippen LogP contribution in [0, 0.1) is 0 Å². The highest BCUT2D eigenvalue weighted by Crippen LogP contribution is 2.30. The van der Waals surface area contributed by atoms with E-state index in [1.165, 1.54) is 11.3 Å². The molecule has 3 aromatic rings. The Balaban J connectivity index is 1.52. The number of carbonyl (C=O) groups excluding carboxylic acids is 2. The fraction of sp³-hybridized carbons (Fsp3) is 0.333. The molecular weight excluding hydrogens is 402 g/mol. The van der Waals surface area contributed by atoms with Gasteiger partial charge in [0, 0.05) is 12.1 Å². The smallest absolute Gasteiger partial charge is 0.257 e. The topological polar surface area (TPSA) is 121 Å². The number of rotatable bonds is 5. The first-order valence-electron chi connectivity index (χ1n) is 9.70. The third-order valence-corrected chi connectivity index (χ3v) is 6.07. The maximum atomic E-state index is 12.6. The second-order valence-corrected chi connectivity index (χ2v) is 8.83. The number of nitrogens with two attached hydrogens (primary N) is 1. The summed E-state index contributed by atoms with van der Waals surface area (Å²) in [5, 5.41) is 13.3. The standard InChI is InChI=1S/C21H23N5O3S/c1-21(2,29)13-7-5-12(6-8-13)18(28)25-20-23-14-9-10-16(24-19(14)30-20)26-11-3-4-15(26)17(22)27/h5-10,15,29H,3-4,11H2,1-2H3,(H2,22,27)(H,23,25,28). The molecule has 1 fully saturated rings. The van der Waals surface area contributed by atoms with E-state index in [2.05, 4.69) is 15.3 Å². The molecule has 1 aromatic carbocycles. The zero-order valence-corrected chi connectivity index (χ0v) is 17.6. The van der Waals surface area contributed by atoms with Gasteiger partial charge in [0.2, 0.25) is 5.91 Å². The fourth-order valence-corrected chi connectivity index (χ4v) is 4.38. The molecule has 2 amide bonds. The van der Waals surface area contributed by atoms with Crippen molar-refractivity contribution in [2.24, 2.45) is 5.73 Å². The van der Waals surface area contributed by atoms with E-state index < -0.39 is 5.60 Å². The molecule has 2 aromatic heterocycles. The number of hydrogen-bond donors (Lipinski definition) is 3. The van der Waals surface area contributed by atoms with Crippen LogP contribution in [0.5, 0.6) is 0 Å². The van der Waals surface area contributed by atoms with E-state index in [0.29, 0.717) is 26.9 Å². The number of pyridine rings is 1. The lowest BCUT2D eigenvalue weighted by Gasteiger charge is -2.22. The Bertz CT molecular complexity index is 1100.